The molecule has 7 nitrogen and oxygen atoms in total. The van der Waals surface area contributed by atoms with Crippen molar-refractivity contribution in [1.82, 2.24) is 4.72 Å². The largest absolute Gasteiger partial charge is 0.329 e. The molecule has 0 aliphatic heterocycles. The number of rotatable bonds is 7. The molecule has 0 aromatic heterocycles. The Labute approximate surface area is 124 Å². The van der Waals surface area contributed by atoms with E-state index in [4.69, 9.17) is 5.73 Å². The van der Waals surface area contributed by atoms with Crippen molar-refractivity contribution in [3.05, 3.63) is 34.4 Å². The zero-order chi connectivity index (χ0) is 16.3. The minimum absolute atomic E-state index is 0.0171. The third-order valence-corrected chi connectivity index (χ3v) is 4.70. The summed E-state index contributed by atoms with van der Waals surface area (Å²) in [5.41, 5.74) is 4.78. The van der Waals surface area contributed by atoms with Crippen LogP contribution in [0.3, 0.4) is 0 Å². The molecule has 21 heavy (non-hydrogen) atoms. The molecule has 118 valence electrons. The molecule has 1 aromatic carbocycles. The Morgan fingerprint density at radius 1 is 1.33 bits per heavy atom. The quantitative estimate of drug-likeness (QED) is 0.586. The van der Waals surface area contributed by atoms with E-state index < -0.39 is 20.5 Å². The molecule has 0 amide bonds. The van der Waals surface area contributed by atoms with Crippen LogP contribution in [-0.2, 0) is 10.0 Å². The van der Waals surface area contributed by atoms with Gasteiger partial charge < -0.3 is 5.73 Å². The van der Waals surface area contributed by atoms with Crippen LogP contribution in [0.2, 0.25) is 0 Å². The maximum atomic E-state index is 12.3. The lowest BCUT2D eigenvalue weighted by Gasteiger charge is -2.30. The van der Waals surface area contributed by atoms with Gasteiger partial charge in [-0.1, -0.05) is 13.8 Å². The van der Waals surface area contributed by atoms with Gasteiger partial charge in [0.05, 0.1) is 9.82 Å². The van der Waals surface area contributed by atoms with E-state index in [9.17, 15) is 18.5 Å². The lowest BCUT2D eigenvalue weighted by Crippen LogP contribution is -2.51. The summed E-state index contributed by atoms with van der Waals surface area (Å²) >= 11 is 0. The molecular weight excluding hydrogens is 294 g/mol. The third-order valence-electron chi connectivity index (χ3n) is 3.05. The SMILES string of the molecule is CC(C)CC(C)(CN)NS(=O)(=O)c1ccc([N+](=O)[O-])cc1. The van der Waals surface area contributed by atoms with E-state index in [0.29, 0.717) is 6.42 Å². The minimum atomic E-state index is -3.77. The Morgan fingerprint density at radius 3 is 2.24 bits per heavy atom. The first-order chi connectivity index (χ1) is 9.59. The van der Waals surface area contributed by atoms with Crippen molar-refractivity contribution in [2.24, 2.45) is 11.7 Å². The zero-order valence-electron chi connectivity index (χ0n) is 12.4. The Kier molecular flexibility index (Phi) is 5.43. The van der Waals surface area contributed by atoms with E-state index in [1.807, 2.05) is 13.8 Å². The van der Waals surface area contributed by atoms with Crippen LogP contribution in [0.5, 0.6) is 0 Å². The molecule has 1 unspecified atom stereocenters. The van der Waals surface area contributed by atoms with E-state index in [1.165, 1.54) is 12.1 Å². The number of nitro groups is 1. The lowest BCUT2D eigenvalue weighted by atomic mass is 9.92. The molecule has 0 saturated heterocycles. The van der Waals surface area contributed by atoms with Gasteiger partial charge in [0.1, 0.15) is 0 Å². The summed E-state index contributed by atoms with van der Waals surface area (Å²) in [6.07, 6.45) is 0.593. The van der Waals surface area contributed by atoms with E-state index in [2.05, 4.69) is 4.72 Å². The van der Waals surface area contributed by atoms with Crippen molar-refractivity contribution in [1.29, 1.82) is 0 Å². The van der Waals surface area contributed by atoms with Gasteiger partial charge in [-0.15, -0.1) is 0 Å². The Bertz CT molecular complexity index is 598. The first kappa shape index (κ1) is 17.5. The van der Waals surface area contributed by atoms with Gasteiger partial charge in [0.2, 0.25) is 10.0 Å². The molecule has 0 aliphatic rings. The van der Waals surface area contributed by atoms with Crippen molar-refractivity contribution in [2.75, 3.05) is 6.54 Å². The average Bonchev–Trinajstić information content (AvgIpc) is 2.37. The second-order valence-electron chi connectivity index (χ2n) is 5.72. The van der Waals surface area contributed by atoms with Crippen molar-refractivity contribution >= 4 is 15.7 Å². The second kappa shape index (κ2) is 6.50. The third kappa shape index (κ3) is 4.76. The standard InChI is InChI=1S/C13H21N3O4S/c1-10(2)8-13(3,9-14)15-21(19,20)12-6-4-11(5-7-12)16(17)18/h4-7,10,15H,8-9,14H2,1-3H3. The van der Waals surface area contributed by atoms with E-state index in [1.54, 1.807) is 6.92 Å². The maximum Gasteiger partial charge on any atom is 0.269 e. The molecule has 0 heterocycles. The Morgan fingerprint density at radius 2 is 1.86 bits per heavy atom. The molecule has 0 aliphatic carbocycles. The van der Waals surface area contributed by atoms with E-state index in [0.717, 1.165) is 12.1 Å². The summed E-state index contributed by atoms with van der Waals surface area (Å²) in [5.74, 6) is 0.276. The van der Waals surface area contributed by atoms with E-state index >= 15 is 0 Å². The number of nitro benzene ring substituents is 1. The van der Waals surface area contributed by atoms with Gasteiger partial charge in [-0.05, 0) is 31.4 Å². The summed E-state index contributed by atoms with van der Waals surface area (Å²) in [6.45, 7) is 5.87. The molecule has 1 rings (SSSR count). The fourth-order valence-corrected chi connectivity index (χ4v) is 3.63. The smallest absolute Gasteiger partial charge is 0.269 e. The predicted octanol–water partition coefficient (Wildman–Crippen LogP) is 1.64. The molecule has 8 heteroatoms. The van der Waals surface area contributed by atoms with Crippen LogP contribution in [0, 0.1) is 16.0 Å². The van der Waals surface area contributed by atoms with Crippen LogP contribution >= 0.6 is 0 Å². The zero-order valence-corrected chi connectivity index (χ0v) is 13.2. The number of hydrogen-bond donors (Lipinski definition) is 2. The number of sulfonamides is 1. The van der Waals surface area contributed by atoms with Gasteiger partial charge in [-0.2, -0.15) is 0 Å². The maximum absolute atomic E-state index is 12.3. The molecule has 1 atom stereocenters. The van der Waals surface area contributed by atoms with Crippen LogP contribution in [0.1, 0.15) is 27.2 Å². The average molecular weight is 315 g/mol. The number of non-ortho nitro benzene ring substituents is 1. The first-order valence-electron chi connectivity index (χ1n) is 6.58. The monoisotopic (exact) mass is 315 g/mol. The van der Waals surface area contributed by atoms with Gasteiger partial charge in [0, 0.05) is 24.2 Å². The molecule has 3 N–H and O–H groups in total. The van der Waals surface area contributed by atoms with Crippen LogP contribution < -0.4 is 10.5 Å². The molecular formula is C13H21N3O4S. The Hall–Kier alpha value is -1.51. The van der Waals surface area contributed by atoms with Gasteiger partial charge in [-0.25, -0.2) is 13.1 Å². The van der Waals surface area contributed by atoms with Crippen LogP contribution in [-0.4, -0.2) is 25.4 Å². The Balaban J connectivity index is 3.02. The lowest BCUT2D eigenvalue weighted by molar-refractivity contribution is -0.384. The number of hydrogen-bond acceptors (Lipinski definition) is 5. The fourth-order valence-electron chi connectivity index (χ4n) is 2.20. The normalized spacial score (nSPS) is 14.9. The van der Waals surface area contributed by atoms with Crippen LogP contribution in [0.25, 0.3) is 0 Å². The summed E-state index contributed by atoms with van der Waals surface area (Å²) in [6, 6.07) is 4.76. The van der Waals surface area contributed by atoms with E-state index in [-0.39, 0.29) is 23.0 Å². The van der Waals surface area contributed by atoms with Crippen molar-refractivity contribution in [3.63, 3.8) is 0 Å². The molecule has 0 spiro atoms. The van der Waals surface area contributed by atoms with Gasteiger partial charge in [-0.3, -0.25) is 10.1 Å². The highest BCUT2D eigenvalue weighted by Crippen LogP contribution is 2.21. The highest BCUT2D eigenvalue weighted by Gasteiger charge is 2.30. The molecule has 0 saturated carbocycles. The summed E-state index contributed by atoms with van der Waals surface area (Å²) in [7, 11) is -3.77. The number of nitrogens with one attached hydrogen (secondary N) is 1. The highest BCUT2D eigenvalue weighted by atomic mass is 32.2. The molecule has 0 radical (unpaired) electrons. The number of benzene rings is 1. The predicted molar refractivity (Wildman–Crippen MR) is 80.3 cm³/mol. The van der Waals surface area contributed by atoms with Gasteiger partial charge in [0.25, 0.3) is 5.69 Å². The van der Waals surface area contributed by atoms with Crippen LogP contribution in [0.4, 0.5) is 5.69 Å². The van der Waals surface area contributed by atoms with Crippen molar-refractivity contribution < 1.29 is 13.3 Å². The summed E-state index contributed by atoms with van der Waals surface area (Å²) in [5, 5.41) is 10.6. The fraction of sp³-hybridized carbons (Fsp3) is 0.538. The van der Waals surface area contributed by atoms with Crippen molar-refractivity contribution in [2.45, 2.75) is 37.6 Å². The summed E-state index contributed by atoms with van der Waals surface area (Å²) < 4.78 is 27.3. The highest BCUT2D eigenvalue weighted by molar-refractivity contribution is 7.89. The second-order valence-corrected chi connectivity index (χ2v) is 7.40. The molecule has 1 aromatic rings. The van der Waals surface area contributed by atoms with Crippen molar-refractivity contribution in [3.8, 4) is 0 Å². The number of nitrogens with two attached hydrogens (primary N) is 1. The number of nitrogens with zero attached hydrogens (tertiary/aromatic N) is 1. The first-order valence-corrected chi connectivity index (χ1v) is 8.06. The molecule has 0 fully saturated rings. The summed E-state index contributed by atoms with van der Waals surface area (Å²) in [4.78, 5) is 9.99. The van der Waals surface area contributed by atoms with Gasteiger partial charge in [0.15, 0.2) is 0 Å². The molecule has 0 bridgehead atoms. The van der Waals surface area contributed by atoms with Crippen LogP contribution in [0.15, 0.2) is 29.2 Å². The minimum Gasteiger partial charge on any atom is -0.329 e. The topological polar surface area (TPSA) is 115 Å². The van der Waals surface area contributed by atoms with Gasteiger partial charge >= 0.3 is 0 Å².